The Bertz CT molecular complexity index is 246. The number of hydrogen-bond acceptors (Lipinski definition) is 3. The Labute approximate surface area is 75.0 Å². The Morgan fingerprint density at radius 2 is 2.58 bits per heavy atom. The molecule has 0 aromatic carbocycles. The first-order valence-corrected chi connectivity index (χ1v) is 4.58. The van der Waals surface area contributed by atoms with E-state index in [0.717, 1.165) is 5.00 Å². The molecule has 0 fully saturated rings. The van der Waals surface area contributed by atoms with Gasteiger partial charge >= 0.3 is 5.97 Å². The molecular formula is C8H11NO2S. The fourth-order valence-electron chi connectivity index (χ4n) is 0.720. The monoisotopic (exact) mass is 185 g/mol. The van der Waals surface area contributed by atoms with Gasteiger partial charge in [-0.15, -0.1) is 11.3 Å². The molecule has 0 saturated carbocycles. The molecule has 0 radical (unpaired) electrons. The van der Waals surface area contributed by atoms with E-state index in [4.69, 9.17) is 5.11 Å². The van der Waals surface area contributed by atoms with Crippen molar-refractivity contribution in [3.05, 3.63) is 17.5 Å². The molecule has 0 aliphatic carbocycles. The Kier molecular flexibility index (Phi) is 3.10. The van der Waals surface area contributed by atoms with Crippen molar-refractivity contribution in [2.45, 2.75) is 6.92 Å². The van der Waals surface area contributed by atoms with Gasteiger partial charge in [0.15, 0.2) is 0 Å². The first-order chi connectivity index (χ1) is 5.70. The van der Waals surface area contributed by atoms with E-state index in [1.165, 1.54) is 0 Å². The van der Waals surface area contributed by atoms with E-state index >= 15 is 0 Å². The van der Waals surface area contributed by atoms with E-state index in [1.807, 2.05) is 17.5 Å². The molecule has 0 spiro atoms. The van der Waals surface area contributed by atoms with Crippen molar-refractivity contribution in [1.82, 2.24) is 0 Å². The fraction of sp³-hybridized carbons (Fsp3) is 0.375. The van der Waals surface area contributed by atoms with Crippen molar-refractivity contribution < 1.29 is 9.90 Å². The quantitative estimate of drug-likeness (QED) is 0.753. The lowest BCUT2D eigenvalue weighted by atomic mass is 10.2. The molecule has 1 aromatic heterocycles. The largest absolute Gasteiger partial charge is 0.481 e. The van der Waals surface area contributed by atoms with E-state index in [-0.39, 0.29) is 5.92 Å². The number of hydrogen-bond donors (Lipinski definition) is 2. The fourth-order valence-corrected chi connectivity index (χ4v) is 1.35. The summed E-state index contributed by atoms with van der Waals surface area (Å²) in [4.78, 5) is 10.4. The van der Waals surface area contributed by atoms with Gasteiger partial charge in [-0.2, -0.15) is 0 Å². The number of thiophene rings is 1. The summed E-state index contributed by atoms with van der Waals surface area (Å²) in [6, 6.07) is 3.86. The smallest absolute Gasteiger partial charge is 0.308 e. The molecule has 1 heterocycles. The van der Waals surface area contributed by atoms with Crippen LogP contribution in [-0.4, -0.2) is 17.6 Å². The molecule has 1 rings (SSSR count). The van der Waals surface area contributed by atoms with Gasteiger partial charge < -0.3 is 10.4 Å². The van der Waals surface area contributed by atoms with E-state index < -0.39 is 5.97 Å². The van der Waals surface area contributed by atoms with Crippen LogP contribution in [0.4, 0.5) is 5.00 Å². The molecule has 1 atom stereocenters. The number of carboxylic acids is 1. The van der Waals surface area contributed by atoms with Crippen molar-refractivity contribution in [3.8, 4) is 0 Å². The zero-order chi connectivity index (χ0) is 8.97. The minimum atomic E-state index is -0.765. The Hall–Kier alpha value is -1.03. The van der Waals surface area contributed by atoms with Gasteiger partial charge in [0.05, 0.1) is 10.9 Å². The van der Waals surface area contributed by atoms with Crippen LogP contribution in [0.1, 0.15) is 6.92 Å². The zero-order valence-corrected chi connectivity index (χ0v) is 7.60. The standard InChI is InChI=1S/C8H11NO2S/c1-6(8(10)11)5-9-7-3-2-4-12-7/h2-4,6,9H,5H2,1H3,(H,10,11). The van der Waals surface area contributed by atoms with Gasteiger partial charge in [-0.05, 0) is 17.5 Å². The highest BCUT2D eigenvalue weighted by molar-refractivity contribution is 7.14. The average Bonchev–Trinajstić information content (AvgIpc) is 2.51. The molecule has 0 aliphatic heterocycles. The Balaban J connectivity index is 2.31. The summed E-state index contributed by atoms with van der Waals surface area (Å²) >= 11 is 1.57. The Morgan fingerprint density at radius 3 is 3.08 bits per heavy atom. The van der Waals surface area contributed by atoms with Crippen LogP contribution in [0.2, 0.25) is 0 Å². The number of aliphatic carboxylic acids is 1. The van der Waals surface area contributed by atoms with Crippen molar-refractivity contribution in [3.63, 3.8) is 0 Å². The molecule has 0 amide bonds. The molecule has 0 saturated heterocycles. The second-order valence-corrected chi connectivity index (χ2v) is 3.55. The molecule has 1 aromatic rings. The maximum Gasteiger partial charge on any atom is 0.308 e. The molecule has 2 N–H and O–H groups in total. The SMILES string of the molecule is CC(CNc1cccs1)C(=O)O. The van der Waals surface area contributed by atoms with E-state index in [0.29, 0.717) is 6.54 Å². The van der Waals surface area contributed by atoms with Gasteiger partial charge in [-0.25, -0.2) is 0 Å². The van der Waals surface area contributed by atoms with Crippen LogP contribution in [0.5, 0.6) is 0 Å². The number of anilines is 1. The number of rotatable bonds is 4. The lowest BCUT2D eigenvalue weighted by Gasteiger charge is -2.06. The molecule has 1 unspecified atom stereocenters. The maximum absolute atomic E-state index is 10.4. The van der Waals surface area contributed by atoms with Crippen LogP contribution in [0, 0.1) is 5.92 Å². The minimum Gasteiger partial charge on any atom is -0.481 e. The summed E-state index contributed by atoms with van der Waals surface area (Å²) in [6.07, 6.45) is 0. The summed E-state index contributed by atoms with van der Waals surface area (Å²) < 4.78 is 0. The summed E-state index contributed by atoms with van der Waals surface area (Å²) in [6.45, 7) is 2.17. The number of nitrogens with one attached hydrogen (secondary N) is 1. The molecular weight excluding hydrogens is 174 g/mol. The van der Waals surface area contributed by atoms with Crippen LogP contribution >= 0.6 is 11.3 Å². The lowest BCUT2D eigenvalue weighted by molar-refractivity contribution is -0.140. The summed E-state index contributed by atoms with van der Waals surface area (Å²) in [5, 5.41) is 14.6. The Morgan fingerprint density at radius 1 is 1.83 bits per heavy atom. The van der Waals surface area contributed by atoms with Crippen LogP contribution in [-0.2, 0) is 4.79 Å². The molecule has 4 heteroatoms. The van der Waals surface area contributed by atoms with Crippen LogP contribution < -0.4 is 5.32 Å². The van der Waals surface area contributed by atoms with Crippen molar-refractivity contribution >= 4 is 22.3 Å². The summed E-state index contributed by atoms with van der Waals surface area (Å²) in [7, 11) is 0. The van der Waals surface area contributed by atoms with Gasteiger partial charge in [-0.1, -0.05) is 6.92 Å². The van der Waals surface area contributed by atoms with Crippen LogP contribution in [0.3, 0.4) is 0 Å². The normalized spacial score (nSPS) is 12.4. The second kappa shape index (κ2) is 4.11. The average molecular weight is 185 g/mol. The molecule has 0 aliphatic rings. The molecule has 12 heavy (non-hydrogen) atoms. The van der Waals surface area contributed by atoms with Crippen molar-refractivity contribution in [2.24, 2.45) is 5.92 Å². The zero-order valence-electron chi connectivity index (χ0n) is 6.78. The first-order valence-electron chi connectivity index (χ1n) is 3.70. The first kappa shape index (κ1) is 9.06. The molecule has 66 valence electrons. The second-order valence-electron chi connectivity index (χ2n) is 2.60. The third-order valence-electron chi connectivity index (χ3n) is 1.53. The van der Waals surface area contributed by atoms with E-state index in [1.54, 1.807) is 18.3 Å². The highest BCUT2D eigenvalue weighted by atomic mass is 32.1. The van der Waals surface area contributed by atoms with Gasteiger partial charge in [0.1, 0.15) is 0 Å². The summed E-state index contributed by atoms with van der Waals surface area (Å²) in [5.74, 6) is -1.11. The lowest BCUT2D eigenvalue weighted by Crippen LogP contribution is -2.19. The third kappa shape index (κ3) is 2.54. The summed E-state index contributed by atoms with van der Waals surface area (Å²) in [5.41, 5.74) is 0. The van der Waals surface area contributed by atoms with Gasteiger partial charge in [0.2, 0.25) is 0 Å². The minimum absolute atomic E-state index is 0.341. The van der Waals surface area contributed by atoms with Crippen molar-refractivity contribution in [1.29, 1.82) is 0 Å². The topological polar surface area (TPSA) is 49.3 Å². The predicted octanol–water partition coefficient (Wildman–Crippen LogP) is 1.88. The van der Waals surface area contributed by atoms with Gasteiger partial charge in [0, 0.05) is 6.54 Å². The number of carbonyl (C=O) groups is 1. The third-order valence-corrected chi connectivity index (χ3v) is 2.35. The van der Waals surface area contributed by atoms with Crippen LogP contribution in [0.15, 0.2) is 17.5 Å². The predicted molar refractivity (Wildman–Crippen MR) is 49.6 cm³/mol. The van der Waals surface area contributed by atoms with Gasteiger partial charge in [-0.3, -0.25) is 4.79 Å². The van der Waals surface area contributed by atoms with Crippen LogP contribution in [0.25, 0.3) is 0 Å². The number of carboxylic acid groups (broad SMARTS) is 1. The van der Waals surface area contributed by atoms with Gasteiger partial charge in [0.25, 0.3) is 0 Å². The highest BCUT2D eigenvalue weighted by Gasteiger charge is 2.09. The van der Waals surface area contributed by atoms with E-state index in [2.05, 4.69) is 5.32 Å². The molecule has 3 nitrogen and oxygen atoms in total. The highest BCUT2D eigenvalue weighted by Crippen LogP contribution is 2.15. The van der Waals surface area contributed by atoms with E-state index in [9.17, 15) is 4.79 Å². The van der Waals surface area contributed by atoms with Crippen molar-refractivity contribution in [2.75, 3.05) is 11.9 Å². The molecule has 0 bridgehead atoms. The maximum atomic E-state index is 10.4.